The van der Waals surface area contributed by atoms with Gasteiger partial charge in [-0.3, -0.25) is 4.79 Å². The first-order valence-electron chi connectivity index (χ1n) is 7.69. The van der Waals surface area contributed by atoms with Crippen LogP contribution in [0.3, 0.4) is 0 Å². The molecule has 0 unspecified atom stereocenters. The molecule has 2 aromatic rings. The van der Waals surface area contributed by atoms with E-state index in [0.29, 0.717) is 5.69 Å². The lowest BCUT2D eigenvalue weighted by Gasteiger charge is -2.07. The van der Waals surface area contributed by atoms with Gasteiger partial charge in [0.1, 0.15) is 0 Å². The molecule has 1 amide bonds. The Morgan fingerprint density at radius 3 is 2.62 bits per heavy atom. The Morgan fingerprint density at radius 1 is 1.19 bits per heavy atom. The number of hydrogen-bond acceptors (Lipinski definition) is 6. The number of halogens is 1. The summed E-state index contributed by atoms with van der Waals surface area (Å²) in [5, 5.41) is 2.25. The summed E-state index contributed by atoms with van der Waals surface area (Å²) in [4.78, 5) is 23.8. The third-order valence-corrected chi connectivity index (χ3v) is 5.76. The summed E-state index contributed by atoms with van der Waals surface area (Å²) >= 11 is 2.07. The van der Waals surface area contributed by atoms with E-state index in [1.165, 1.54) is 12.1 Å². The van der Waals surface area contributed by atoms with Crippen molar-refractivity contribution in [3.63, 3.8) is 0 Å². The van der Waals surface area contributed by atoms with Crippen molar-refractivity contribution in [3.05, 3.63) is 45.7 Å². The van der Waals surface area contributed by atoms with E-state index in [2.05, 4.69) is 32.6 Å². The van der Waals surface area contributed by atoms with Gasteiger partial charge in [0.25, 0.3) is 15.9 Å². The number of rotatable bonds is 7. The van der Waals surface area contributed by atoms with Crippen molar-refractivity contribution in [2.24, 2.45) is 0 Å². The van der Waals surface area contributed by atoms with Gasteiger partial charge in [-0.15, -0.1) is 0 Å². The maximum atomic E-state index is 12.0. The minimum Gasteiger partial charge on any atom is -0.450 e. The lowest BCUT2D eigenvalue weighted by atomic mass is 10.3. The summed E-state index contributed by atoms with van der Waals surface area (Å²) in [6.07, 6.45) is 1.56. The largest absolute Gasteiger partial charge is 0.450 e. The highest BCUT2D eigenvalue weighted by Crippen LogP contribution is 2.23. The Labute approximate surface area is 163 Å². The lowest BCUT2D eigenvalue weighted by Crippen LogP contribution is -2.25. The zero-order valence-electron chi connectivity index (χ0n) is 13.4. The van der Waals surface area contributed by atoms with Gasteiger partial charge in [-0.05, 0) is 59.7 Å². The second-order valence-corrected chi connectivity index (χ2v) is 8.43. The SMILES string of the molecule is O=C(COC(=O)c1ccc(S(=O)(=O)NC2CC2)o1)Nc1ccccc1I. The van der Waals surface area contributed by atoms with Crippen LogP contribution >= 0.6 is 22.6 Å². The van der Waals surface area contributed by atoms with Gasteiger partial charge in [0.05, 0.1) is 5.69 Å². The Kier molecular flexibility index (Phi) is 5.63. The minimum atomic E-state index is -3.79. The molecule has 1 fully saturated rings. The van der Waals surface area contributed by atoms with Crippen molar-refractivity contribution < 1.29 is 27.2 Å². The van der Waals surface area contributed by atoms with Crippen molar-refractivity contribution in [3.8, 4) is 0 Å². The molecule has 1 aromatic heterocycles. The van der Waals surface area contributed by atoms with Crippen molar-refractivity contribution >= 4 is 50.2 Å². The average Bonchev–Trinajstić information content (AvgIpc) is 3.24. The molecule has 8 nitrogen and oxygen atoms in total. The van der Waals surface area contributed by atoms with Gasteiger partial charge < -0.3 is 14.5 Å². The van der Waals surface area contributed by atoms with Crippen LogP contribution < -0.4 is 10.0 Å². The van der Waals surface area contributed by atoms with Crippen LogP contribution in [-0.2, 0) is 19.6 Å². The van der Waals surface area contributed by atoms with Gasteiger partial charge >= 0.3 is 5.97 Å². The van der Waals surface area contributed by atoms with Gasteiger partial charge in [-0.25, -0.2) is 17.9 Å². The van der Waals surface area contributed by atoms with Crippen LogP contribution in [0.1, 0.15) is 23.4 Å². The molecule has 3 rings (SSSR count). The fourth-order valence-electron chi connectivity index (χ4n) is 2.00. The molecule has 1 saturated carbocycles. The normalized spacial score (nSPS) is 14.0. The van der Waals surface area contributed by atoms with Crippen LogP contribution in [0.25, 0.3) is 0 Å². The third-order valence-electron chi connectivity index (χ3n) is 3.43. The highest BCUT2D eigenvalue weighted by Gasteiger charge is 2.30. The summed E-state index contributed by atoms with van der Waals surface area (Å²) in [6, 6.07) is 9.43. The van der Waals surface area contributed by atoms with Gasteiger partial charge in [0.15, 0.2) is 6.61 Å². The molecule has 1 heterocycles. The smallest absolute Gasteiger partial charge is 0.374 e. The molecule has 1 aliphatic carbocycles. The average molecular weight is 490 g/mol. The molecule has 0 spiro atoms. The number of sulfonamides is 1. The summed E-state index contributed by atoms with van der Waals surface area (Å²) in [6.45, 7) is -0.521. The third kappa shape index (κ3) is 4.83. The van der Waals surface area contributed by atoms with E-state index in [4.69, 9.17) is 9.15 Å². The fourth-order valence-corrected chi connectivity index (χ4v) is 3.76. The topological polar surface area (TPSA) is 115 Å². The Bertz CT molecular complexity index is 936. The number of hydrogen-bond donors (Lipinski definition) is 2. The number of carbonyl (C=O) groups is 2. The number of amides is 1. The summed E-state index contributed by atoms with van der Waals surface area (Å²) in [5.41, 5.74) is 0.603. The fraction of sp³-hybridized carbons (Fsp3) is 0.250. The summed E-state index contributed by atoms with van der Waals surface area (Å²) in [5.74, 6) is -1.73. The summed E-state index contributed by atoms with van der Waals surface area (Å²) < 4.78 is 37.2. The van der Waals surface area contributed by atoms with E-state index in [-0.39, 0.29) is 16.9 Å². The van der Waals surface area contributed by atoms with Crippen LogP contribution in [0.4, 0.5) is 5.69 Å². The predicted octanol–water partition coefficient (Wildman–Crippen LogP) is 2.12. The Balaban J connectivity index is 1.55. The molecule has 1 aliphatic rings. The molecule has 2 N–H and O–H groups in total. The lowest BCUT2D eigenvalue weighted by molar-refractivity contribution is -0.119. The molecule has 0 aliphatic heterocycles. The van der Waals surface area contributed by atoms with E-state index in [1.807, 2.05) is 12.1 Å². The highest BCUT2D eigenvalue weighted by atomic mass is 127. The van der Waals surface area contributed by atoms with Gasteiger partial charge in [0.2, 0.25) is 10.9 Å². The first kappa shape index (κ1) is 18.9. The molecule has 1 aromatic carbocycles. The zero-order chi connectivity index (χ0) is 18.7. The monoisotopic (exact) mass is 490 g/mol. The van der Waals surface area contributed by atoms with E-state index in [0.717, 1.165) is 16.4 Å². The second kappa shape index (κ2) is 7.76. The van der Waals surface area contributed by atoms with Gasteiger partial charge in [-0.2, -0.15) is 0 Å². The Morgan fingerprint density at radius 2 is 1.92 bits per heavy atom. The maximum absolute atomic E-state index is 12.0. The number of carbonyl (C=O) groups excluding carboxylic acids is 2. The van der Waals surface area contributed by atoms with Gasteiger partial charge in [-0.1, -0.05) is 12.1 Å². The number of ether oxygens (including phenoxy) is 1. The van der Waals surface area contributed by atoms with E-state index in [9.17, 15) is 18.0 Å². The first-order chi connectivity index (χ1) is 12.3. The van der Waals surface area contributed by atoms with E-state index < -0.39 is 28.5 Å². The number of furan rings is 1. The molecule has 26 heavy (non-hydrogen) atoms. The number of para-hydroxylation sites is 1. The molecular formula is C16H15IN2O6S. The molecule has 138 valence electrons. The van der Waals surface area contributed by atoms with Crippen molar-refractivity contribution in [2.75, 3.05) is 11.9 Å². The van der Waals surface area contributed by atoms with E-state index in [1.54, 1.807) is 12.1 Å². The molecule has 0 radical (unpaired) electrons. The van der Waals surface area contributed by atoms with Crippen molar-refractivity contribution in [1.29, 1.82) is 0 Å². The predicted molar refractivity (Wildman–Crippen MR) is 100 cm³/mol. The number of esters is 1. The Hall–Kier alpha value is -1.92. The highest BCUT2D eigenvalue weighted by molar-refractivity contribution is 14.1. The van der Waals surface area contributed by atoms with E-state index >= 15 is 0 Å². The number of anilines is 1. The number of nitrogens with one attached hydrogen (secondary N) is 2. The van der Waals surface area contributed by atoms with Crippen LogP contribution in [0.2, 0.25) is 0 Å². The standard InChI is InChI=1S/C16H15IN2O6S/c17-11-3-1-2-4-12(11)18-14(20)9-24-16(21)13-7-8-15(25-13)26(22,23)19-10-5-6-10/h1-4,7-8,10,19H,5-6,9H2,(H,18,20). The van der Waals surface area contributed by atoms with Crippen LogP contribution in [0.5, 0.6) is 0 Å². The number of benzene rings is 1. The van der Waals surface area contributed by atoms with Crippen molar-refractivity contribution in [2.45, 2.75) is 24.0 Å². The van der Waals surface area contributed by atoms with Crippen LogP contribution in [0.15, 0.2) is 45.9 Å². The molecule has 10 heteroatoms. The molecular weight excluding hydrogens is 475 g/mol. The first-order valence-corrected chi connectivity index (χ1v) is 10.2. The molecule has 0 saturated heterocycles. The van der Waals surface area contributed by atoms with Gasteiger partial charge in [0, 0.05) is 9.61 Å². The maximum Gasteiger partial charge on any atom is 0.374 e. The van der Waals surface area contributed by atoms with Crippen LogP contribution in [-0.4, -0.2) is 32.9 Å². The van der Waals surface area contributed by atoms with Crippen molar-refractivity contribution in [1.82, 2.24) is 4.72 Å². The second-order valence-electron chi connectivity index (χ2n) is 5.62. The minimum absolute atomic E-state index is 0.0787. The summed E-state index contributed by atoms with van der Waals surface area (Å²) in [7, 11) is -3.79. The zero-order valence-corrected chi connectivity index (χ0v) is 16.4. The molecule has 0 bridgehead atoms. The quantitative estimate of drug-likeness (QED) is 0.454. The van der Waals surface area contributed by atoms with Crippen LogP contribution in [0, 0.1) is 3.57 Å². The molecule has 0 atom stereocenters.